The summed E-state index contributed by atoms with van der Waals surface area (Å²) in [7, 11) is 0. The van der Waals surface area contributed by atoms with E-state index in [4.69, 9.17) is 0 Å². The van der Waals surface area contributed by atoms with Crippen LogP contribution in [0.4, 0.5) is 0 Å². The number of benzene rings is 2. The van der Waals surface area contributed by atoms with Crippen LogP contribution in [-0.2, 0) is 4.79 Å². The van der Waals surface area contributed by atoms with E-state index in [0.29, 0.717) is 5.57 Å². The fourth-order valence-electron chi connectivity index (χ4n) is 3.19. The maximum atomic E-state index is 12.8. The number of phenols is 1. The maximum Gasteiger partial charge on any atom is 0.250 e. The highest BCUT2D eigenvalue weighted by Gasteiger charge is 2.29. The van der Waals surface area contributed by atoms with Crippen LogP contribution in [0.1, 0.15) is 29.9 Å². The van der Waals surface area contributed by atoms with E-state index in [1.165, 1.54) is 0 Å². The van der Waals surface area contributed by atoms with E-state index >= 15 is 0 Å². The van der Waals surface area contributed by atoms with E-state index in [-0.39, 0.29) is 17.6 Å². The van der Waals surface area contributed by atoms with Crippen LogP contribution in [-0.4, -0.2) is 29.0 Å². The van der Waals surface area contributed by atoms with Crippen LogP contribution >= 0.6 is 0 Å². The van der Waals surface area contributed by atoms with Gasteiger partial charge in [0.05, 0.1) is 0 Å². The molecule has 1 amide bonds. The molecule has 0 radical (unpaired) electrons. The van der Waals surface area contributed by atoms with Gasteiger partial charge in [-0.25, -0.2) is 0 Å². The fraction of sp³-hybridized carbons (Fsp3) is 0.250. The Morgan fingerprint density at radius 2 is 1.61 bits per heavy atom. The third kappa shape index (κ3) is 3.14. The van der Waals surface area contributed by atoms with Gasteiger partial charge in [-0.15, -0.1) is 0 Å². The SMILES string of the molecule is C=C(C(=O)N1CCCC1)[C@@H](c1ccccc1)c1ccccc1O. The van der Waals surface area contributed by atoms with Crippen molar-refractivity contribution in [1.29, 1.82) is 0 Å². The minimum absolute atomic E-state index is 0.0143. The molecule has 0 aromatic heterocycles. The average Bonchev–Trinajstić information content (AvgIpc) is 3.11. The van der Waals surface area contributed by atoms with Gasteiger partial charge < -0.3 is 10.0 Å². The summed E-state index contributed by atoms with van der Waals surface area (Å²) in [5.74, 6) is -0.151. The minimum Gasteiger partial charge on any atom is -0.508 e. The average molecular weight is 307 g/mol. The van der Waals surface area contributed by atoms with Gasteiger partial charge in [-0.3, -0.25) is 4.79 Å². The van der Waals surface area contributed by atoms with E-state index in [9.17, 15) is 9.90 Å². The molecule has 1 fully saturated rings. The van der Waals surface area contributed by atoms with Crippen molar-refractivity contribution in [3.05, 3.63) is 77.9 Å². The molecule has 118 valence electrons. The third-order valence-corrected chi connectivity index (χ3v) is 4.40. The molecule has 1 atom stereocenters. The topological polar surface area (TPSA) is 40.5 Å². The second kappa shape index (κ2) is 6.69. The molecule has 0 bridgehead atoms. The van der Waals surface area contributed by atoms with Crippen LogP contribution in [0.2, 0.25) is 0 Å². The van der Waals surface area contributed by atoms with Crippen LogP contribution in [0.3, 0.4) is 0 Å². The summed E-state index contributed by atoms with van der Waals surface area (Å²) in [6.07, 6.45) is 2.09. The highest BCUT2D eigenvalue weighted by molar-refractivity contribution is 5.95. The first-order valence-corrected chi connectivity index (χ1v) is 7.99. The van der Waals surface area contributed by atoms with E-state index in [2.05, 4.69) is 6.58 Å². The van der Waals surface area contributed by atoms with Gasteiger partial charge in [0.15, 0.2) is 0 Å². The van der Waals surface area contributed by atoms with Crippen molar-refractivity contribution in [3.8, 4) is 5.75 Å². The summed E-state index contributed by atoms with van der Waals surface area (Å²) < 4.78 is 0. The van der Waals surface area contributed by atoms with Crippen LogP contribution in [0.15, 0.2) is 66.7 Å². The van der Waals surface area contributed by atoms with Crippen molar-refractivity contribution < 1.29 is 9.90 Å². The number of likely N-dealkylation sites (tertiary alicyclic amines) is 1. The summed E-state index contributed by atoms with van der Waals surface area (Å²) in [5.41, 5.74) is 2.20. The number of rotatable bonds is 4. The highest BCUT2D eigenvalue weighted by atomic mass is 16.3. The van der Waals surface area contributed by atoms with E-state index in [0.717, 1.165) is 37.1 Å². The Balaban J connectivity index is 2.00. The largest absolute Gasteiger partial charge is 0.508 e. The number of hydrogen-bond donors (Lipinski definition) is 1. The van der Waals surface area contributed by atoms with Gasteiger partial charge in [0.2, 0.25) is 5.91 Å². The van der Waals surface area contributed by atoms with Gasteiger partial charge in [0.25, 0.3) is 0 Å². The molecule has 3 nitrogen and oxygen atoms in total. The van der Waals surface area contributed by atoms with E-state index in [1.807, 2.05) is 47.4 Å². The normalized spacial score (nSPS) is 15.4. The second-order valence-corrected chi connectivity index (χ2v) is 5.93. The van der Waals surface area contributed by atoms with Gasteiger partial charge in [-0.2, -0.15) is 0 Å². The molecule has 0 unspecified atom stereocenters. The summed E-state index contributed by atoms with van der Waals surface area (Å²) in [6.45, 7) is 5.67. The number of nitrogens with zero attached hydrogens (tertiary/aromatic N) is 1. The molecule has 0 saturated carbocycles. The molecule has 3 rings (SSSR count). The van der Waals surface area contributed by atoms with Gasteiger partial charge in [0, 0.05) is 30.1 Å². The van der Waals surface area contributed by atoms with Crippen molar-refractivity contribution in [2.75, 3.05) is 13.1 Å². The lowest BCUT2D eigenvalue weighted by Crippen LogP contribution is -2.31. The minimum atomic E-state index is -0.328. The first-order valence-electron chi connectivity index (χ1n) is 7.99. The third-order valence-electron chi connectivity index (χ3n) is 4.40. The summed E-state index contributed by atoms with van der Waals surface area (Å²) in [4.78, 5) is 14.6. The molecule has 2 aromatic rings. The molecular formula is C20H21NO2. The molecule has 1 N–H and O–H groups in total. The van der Waals surface area contributed by atoms with Crippen molar-refractivity contribution in [1.82, 2.24) is 4.90 Å². The van der Waals surface area contributed by atoms with Gasteiger partial charge in [-0.1, -0.05) is 55.1 Å². The zero-order valence-electron chi connectivity index (χ0n) is 13.1. The highest BCUT2D eigenvalue weighted by Crippen LogP contribution is 2.37. The van der Waals surface area contributed by atoms with Gasteiger partial charge in [0.1, 0.15) is 5.75 Å². The molecule has 1 aliphatic heterocycles. The Hall–Kier alpha value is -2.55. The number of para-hydroxylation sites is 1. The smallest absolute Gasteiger partial charge is 0.250 e. The number of hydrogen-bond acceptors (Lipinski definition) is 2. The first kappa shape index (κ1) is 15.3. The predicted octanol–water partition coefficient (Wildman–Crippen LogP) is 3.70. The summed E-state index contributed by atoms with van der Waals surface area (Å²) >= 11 is 0. The molecule has 0 aliphatic carbocycles. The van der Waals surface area contributed by atoms with Crippen LogP contribution in [0.25, 0.3) is 0 Å². The predicted molar refractivity (Wildman–Crippen MR) is 91.3 cm³/mol. The lowest BCUT2D eigenvalue weighted by Gasteiger charge is -2.24. The molecule has 1 heterocycles. The monoisotopic (exact) mass is 307 g/mol. The molecule has 1 aliphatic rings. The van der Waals surface area contributed by atoms with Gasteiger partial charge >= 0.3 is 0 Å². The summed E-state index contributed by atoms with van der Waals surface area (Å²) in [5, 5.41) is 10.3. The Morgan fingerprint density at radius 3 is 2.26 bits per heavy atom. The van der Waals surface area contributed by atoms with Gasteiger partial charge in [-0.05, 0) is 24.5 Å². The van der Waals surface area contributed by atoms with Crippen molar-refractivity contribution in [2.45, 2.75) is 18.8 Å². The lowest BCUT2D eigenvalue weighted by molar-refractivity contribution is -0.126. The van der Waals surface area contributed by atoms with Crippen molar-refractivity contribution >= 4 is 5.91 Å². The number of aromatic hydroxyl groups is 1. The van der Waals surface area contributed by atoms with E-state index < -0.39 is 0 Å². The number of phenolic OH excluding ortho intramolecular Hbond substituents is 1. The first-order chi connectivity index (χ1) is 11.2. The van der Waals surface area contributed by atoms with Crippen LogP contribution in [0.5, 0.6) is 5.75 Å². The van der Waals surface area contributed by atoms with Crippen LogP contribution in [0, 0.1) is 0 Å². The zero-order valence-corrected chi connectivity index (χ0v) is 13.1. The Labute approximate surface area is 136 Å². The summed E-state index contributed by atoms with van der Waals surface area (Å²) in [6, 6.07) is 16.9. The lowest BCUT2D eigenvalue weighted by atomic mass is 9.84. The fourth-order valence-corrected chi connectivity index (χ4v) is 3.19. The Morgan fingerprint density at radius 1 is 1.00 bits per heavy atom. The second-order valence-electron chi connectivity index (χ2n) is 5.93. The Kier molecular flexibility index (Phi) is 4.47. The van der Waals surface area contributed by atoms with Crippen molar-refractivity contribution in [3.63, 3.8) is 0 Å². The Bertz CT molecular complexity index is 703. The standard InChI is InChI=1S/C20H21NO2/c1-15(20(23)21-13-7-8-14-21)19(16-9-3-2-4-10-16)17-11-5-6-12-18(17)22/h2-6,9-12,19,22H,1,7-8,13-14H2/t19-/m0/s1. The molecule has 2 aromatic carbocycles. The van der Waals surface area contributed by atoms with E-state index in [1.54, 1.807) is 12.1 Å². The molecule has 23 heavy (non-hydrogen) atoms. The zero-order chi connectivity index (χ0) is 16.2. The molecule has 0 spiro atoms. The van der Waals surface area contributed by atoms with Crippen LogP contribution < -0.4 is 0 Å². The number of amides is 1. The quantitative estimate of drug-likeness (QED) is 0.875. The number of carbonyl (C=O) groups is 1. The molecule has 1 saturated heterocycles. The number of carbonyl (C=O) groups excluding carboxylic acids is 1. The maximum absolute atomic E-state index is 12.8. The van der Waals surface area contributed by atoms with Crippen molar-refractivity contribution in [2.24, 2.45) is 0 Å². The molecule has 3 heteroatoms. The molecular weight excluding hydrogens is 286 g/mol.